The normalized spacial score (nSPS) is 16.6. The van der Waals surface area contributed by atoms with Crippen LogP contribution >= 0.6 is 35.0 Å². The molecule has 6 nitrogen and oxygen atoms in total. The second-order valence-electron chi connectivity index (χ2n) is 9.55. The molecule has 1 aliphatic heterocycles. The van der Waals surface area contributed by atoms with Gasteiger partial charge in [-0.3, -0.25) is 4.79 Å². The van der Waals surface area contributed by atoms with Gasteiger partial charge in [0.05, 0.1) is 10.7 Å². The zero-order valence-corrected chi connectivity index (χ0v) is 23.0. The average molecular weight is 557 g/mol. The van der Waals surface area contributed by atoms with Crippen LogP contribution in [0.15, 0.2) is 59.8 Å². The third-order valence-electron chi connectivity index (χ3n) is 6.98. The summed E-state index contributed by atoms with van der Waals surface area (Å²) in [6.07, 6.45) is 5.84. The molecular formula is C28H31Cl2N5OS. The van der Waals surface area contributed by atoms with E-state index in [2.05, 4.69) is 26.2 Å². The Hall–Kier alpha value is -2.48. The van der Waals surface area contributed by atoms with Crippen molar-refractivity contribution in [3.05, 3.63) is 75.9 Å². The van der Waals surface area contributed by atoms with Gasteiger partial charge in [-0.2, -0.15) is 0 Å². The number of aromatic nitrogens is 2. The molecule has 5 rings (SSSR count). The van der Waals surface area contributed by atoms with Gasteiger partial charge in [0.15, 0.2) is 5.16 Å². The van der Waals surface area contributed by atoms with Gasteiger partial charge in [0, 0.05) is 49.6 Å². The predicted octanol–water partition coefficient (Wildman–Crippen LogP) is 6.46. The molecule has 37 heavy (non-hydrogen) atoms. The molecule has 1 saturated carbocycles. The number of amides is 1. The van der Waals surface area contributed by atoms with Gasteiger partial charge in [-0.25, -0.2) is 9.97 Å². The standard InChI is InChI=1S/C28H31Cl2N5OS/c29-23-8-4-5-9-24(23)34-14-16-35(17-15-34)26-18-25(30)32-28(33-26)37-19-20-10-12-21(13-11-20)27(36)31-22-6-2-1-3-7-22/h4-5,8-13,18,22H,1-3,6-7,14-17,19H2,(H,31,36). The van der Waals surface area contributed by atoms with Crippen molar-refractivity contribution in [2.24, 2.45) is 0 Å². The summed E-state index contributed by atoms with van der Waals surface area (Å²) in [6.45, 7) is 3.36. The van der Waals surface area contributed by atoms with E-state index in [-0.39, 0.29) is 5.91 Å². The number of halogens is 2. The average Bonchev–Trinajstić information content (AvgIpc) is 2.93. The zero-order valence-electron chi connectivity index (χ0n) is 20.7. The van der Waals surface area contributed by atoms with E-state index >= 15 is 0 Å². The Morgan fingerprint density at radius 2 is 1.62 bits per heavy atom. The Kier molecular flexibility index (Phi) is 8.74. The molecule has 2 fully saturated rings. The first-order valence-corrected chi connectivity index (χ1v) is 14.6. The molecule has 0 radical (unpaired) electrons. The van der Waals surface area contributed by atoms with Crippen LogP contribution in [0.5, 0.6) is 0 Å². The van der Waals surface area contributed by atoms with E-state index in [1.54, 1.807) is 11.8 Å². The molecule has 194 valence electrons. The van der Waals surface area contributed by atoms with Gasteiger partial charge in [-0.15, -0.1) is 0 Å². The summed E-state index contributed by atoms with van der Waals surface area (Å²) >= 11 is 14.3. The first-order chi connectivity index (χ1) is 18.0. The lowest BCUT2D eigenvalue weighted by atomic mass is 9.95. The Morgan fingerprint density at radius 1 is 0.919 bits per heavy atom. The Labute approximate surface area is 232 Å². The molecule has 2 aliphatic rings. The monoisotopic (exact) mass is 555 g/mol. The molecule has 1 N–H and O–H groups in total. The molecule has 0 spiro atoms. The maximum Gasteiger partial charge on any atom is 0.251 e. The largest absolute Gasteiger partial charge is 0.367 e. The van der Waals surface area contributed by atoms with Crippen molar-refractivity contribution in [2.75, 3.05) is 36.0 Å². The first kappa shape index (κ1) is 26.1. The van der Waals surface area contributed by atoms with Gasteiger partial charge < -0.3 is 15.1 Å². The van der Waals surface area contributed by atoms with Crippen molar-refractivity contribution in [1.82, 2.24) is 15.3 Å². The van der Waals surface area contributed by atoms with Crippen molar-refractivity contribution < 1.29 is 4.79 Å². The number of thioether (sulfide) groups is 1. The number of para-hydroxylation sites is 1. The fraction of sp³-hybridized carbons (Fsp3) is 0.393. The zero-order chi connectivity index (χ0) is 25.6. The highest BCUT2D eigenvalue weighted by atomic mass is 35.5. The van der Waals surface area contributed by atoms with E-state index in [0.717, 1.165) is 61.1 Å². The second kappa shape index (κ2) is 12.4. The number of carbonyl (C=O) groups is 1. The molecule has 1 aromatic heterocycles. The fourth-order valence-electron chi connectivity index (χ4n) is 4.91. The van der Waals surface area contributed by atoms with E-state index < -0.39 is 0 Å². The summed E-state index contributed by atoms with van der Waals surface area (Å²) in [6, 6.07) is 17.9. The van der Waals surface area contributed by atoms with Crippen molar-refractivity contribution >= 4 is 52.4 Å². The summed E-state index contributed by atoms with van der Waals surface area (Å²) in [4.78, 5) is 26.3. The maximum absolute atomic E-state index is 12.6. The minimum absolute atomic E-state index is 0.0172. The highest BCUT2D eigenvalue weighted by Crippen LogP contribution is 2.29. The van der Waals surface area contributed by atoms with Crippen molar-refractivity contribution in [3.63, 3.8) is 0 Å². The first-order valence-electron chi connectivity index (χ1n) is 12.9. The number of benzene rings is 2. The Bertz CT molecular complexity index is 1210. The summed E-state index contributed by atoms with van der Waals surface area (Å²) in [7, 11) is 0. The van der Waals surface area contributed by atoms with E-state index in [1.807, 2.05) is 48.5 Å². The molecule has 2 heterocycles. The number of rotatable bonds is 7. The smallest absolute Gasteiger partial charge is 0.251 e. The maximum atomic E-state index is 12.6. The van der Waals surface area contributed by atoms with Gasteiger partial charge in [0.25, 0.3) is 5.91 Å². The number of nitrogens with zero attached hydrogens (tertiary/aromatic N) is 4. The molecule has 0 unspecified atom stereocenters. The molecule has 1 aliphatic carbocycles. The number of anilines is 2. The SMILES string of the molecule is O=C(NC1CCCCC1)c1ccc(CSc2nc(Cl)cc(N3CCN(c4ccccc4Cl)CC3)n2)cc1. The van der Waals surface area contributed by atoms with Crippen LogP contribution in [0, 0.1) is 0 Å². The van der Waals surface area contributed by atoms with Gasteiger partial charge in [-0.05, 0) is 42.7 Å². The summed E-state index contributed by atoms with van der Waals surface area (Å²) in [5.74, 6) is 1.56. The lowest BCUT2D eigenvalue weighted by Gasteiger charge is -2.37. The molecule has 1 saturated heterocycles. The number of piperazine rings is 1. The van der Waals surface area contributed by atoms with Crippen LogP contribution in [-0.2, 0) is 5.75 Å². The van der Waals surface area contributed by atoms with Crippen LogP contribution in [-0.4, -0.2) is 48.1 Å². The van der Waals surface area contributed by atoms with Gasteiger partial charge >= 0.3 is 0 Å². The highest BCUT2D eigenvalue weighted by molar-refractivity contribution is 7.98. The van der Waals surface area contributed by atoms with Crippen LogP contribution in [0.25, 0.3) is 0 Å². The van der Waals surface area contributed by atoms with Crippen LogP contribution in [0.2, 0.25) is 10.2 Å². The van der Waals surface area contributed by atoms with Crippen molar-refractivity contribution in [3.8, 4) is 0 Å². The van der Waals surface area contributed by atoms with Crippen LogP contribution in [0.4, 0.5) is 11.5 Å². The highest BCUT2D eigenvalue weighted by Gasteiger charge is 2.21. The minimum atomic E-state index is 0.0172. The lowest BCUT2D eigenvalue weighted by Crippen LogP contribution is -2.47. The van der Waals surface area contributed by atoms with E-state index in [4.69, 9.17) is 28.2 Å². The number of hydrogen-bond donors (Lipinski definition) is 1. The second-order valence-corrected chi connectivity index (χ2v) is 11.3. The van der Waals surface area contributed by atoms with E-state index in [1.165, 1.54) is 19.3 Å². The molecule has 0 bridgehead atoms. The third-order valence-corrected chi connectivity index (χ3v) is 8.41. The summed E-state index contributed by atoms with van der Waals surface area (Å²) in [5.41, 5.74) is 2.88. The quantitative estimate of drug-likeness (QED) is 0.205. The van der Waals surface area contributed by atoms with Crippen molar-refractivity contribution in [2.45, 2.75) is 49.1 Å². The van der Waals surface area contributed by atoms with Crippen LogP contribution < -0.4 is 15.1 Å². The molecule has 0 atom stereocenters. The van der Waals surface area contributed by atoms with Crippen molar-refractivity contribution in [1.29, 1.82) is 0 Å². The minimum Gasteiger partial charge on any atom is -0.367 e. The number of carbonyl (C=O) groups excluding carboxylic acids is 1. The molecule has 9 heteroatoms. The number of hydrogen-bond acceptors (Lipinski definition) is 6. The number of nitrogens with one attached hydrogen (secondary N) is 1. The van der Waals surface area contributed by atoms with Crippen LogP contribution in [0.3, 0.4) is 0 Å². The Balaban J connectivity index is 1.16. The van der Waals surface area contributed by atoms with Crippen LogP contribution in [0.1, 0.15) is 48.0 Å². The molecule has 1 amide bonds. The predicted molar refractivity (Wildman–Crippen MR) is 153 cm³/mol. The van der Waals surface area contributed by atoms with Gasteiger partial charge in [0.1, 0.15) is 11.0 Å². The Morgan fingerprint density at radius 3 is 2.35 bits per heavy atom. The molecule has 2 aromatic carbocycles. The summed E-state index contributed by atoms with van der Waals surface area (Å²) < 4.78 is 0. The summed E-state index contributed by atoms with van der Waals surface area (Å²) in [5, 5.41) is 5.04. The van der Waals surface area contributed by atoms with Gasteiger partial charge in [-0.1, -0.05) is 78.5 Å². The molecule has 3 aromatic rings. The van der Waals surface area contributed by atoms with E-state index in [0.29, 0.717) is 27.7 Å². The molecular weight excluding hydrogens is 525 g/mol. The van der Waals surface area contributed by atoms with E-state index in [9.17, 15) is 4.79 Å². The third kappa shape index (κ3) is 6.89. The lowest BCUT2D eigenvalue weighted by molar-refractivity contribution is 0.0927. The van der Waals surface area contributed by atoms with Gasteiger partial charge in [0.2, 0.25) is 0 Å². The fourth-order valence-corrected chi connectivity index (χ4v) is 6.20. The topological polar surface area (TPSA) is 61.4 Å².